The summed E-state index contributed by atoms with van der Waals surface area (Å²) in [7, 11) is 0. The van der Waals surface area contributed by atoms with Crippen LogP contribution >= 0.6 is 0 Å². The Balaban J connectivity index is 2.16. The summed E-state index contributed by atoms with van der Waals surface area (Å²) >= 11 is 0. The van der Waals surface area contributed by atoms with Crippen molar-refractivity contribution in [1.29, 1.82) is 0 Å². The molecule has 0 heterocycles. The Hall–Kier alpha value is -2.95. The molecule has 0 N–H and O–H groups in total. The fraction of sp³-hybridized carbons (Fsp3) is 0.118. The molecule has 22 heavy (non-hydrogen) atoms. The minimum atomic E-state index is -0.526. The highest BCUT2D eigenvalue weighted by molar-refractivity contribution is 5.89. The number of nitro groups is 1. The third kappa shape index (κ3) is 3.79. The second-order valence-corrected chi connectivity index (χ2v) is 4.57. The quantitative estimate of drug-likeness (QED) is 0.361. The van der Waals surface area contributed by atoms with Crippen molar-refractivity contribution >= 4 is 11.7 Å². The van der Waals surface area contributed by atoms with Gasteiger partial charge in [-0.1, -0.05) is 36.4 Å². The number of nitro benzene ring substituents is 1. The fourth-order valence-corrected chi connectivity index (χ4v) is 1.94. The maximum atomic E-state index is 12.2. The Morgan fingerprint density at radius 3 is 2.32 bits per heavy atom. The van der Waals surface area contributed by atoms with Crippen LogP contribution in [0.5, 0.6) is 0 Å². The zero-order valence-corrected chi connectivity index (χ0v) is 12.0. The molecule has 0 saturated carbocycles. The molecule has 0 aromatic heterocycles. The normalized spacial score (nSPS) is 12.0. The van der Waals surface area contributed by atoms with Crippen LogP contribution in [0.25, 0.3) is 0 Å². The summed E-state index contributed by atoms with van der Waals surface area (Å²) in [6, 6.07) is 14.7. The molecule has 5 nitrogen and oxygen atoms in total. The molecule has 0 radical (unpaired) electrons. The molecule has 2 aromatic carbocycles. The van der Waals surface area contributed by atoms with Crippen LogP contribution in [0.15, 0.2) is 66.7 Å². The molecule has 0 aliphatic rings. The number of ether oxygens (including phenoxy) is 1. The zero-order valence-electron chi connectivity index (χ0n) is 12.0. The predicted octanol–water partition coefficient (Wildman–Crippen LogP) is 4.07. The summed E-state index contributed by atoms with van der Waals surface area (Å²) in [4.78, 5) is 22.3. The van der Waals surface area contributed by atoms with E-state index in [1.165, 1.54) is 24.3 Å². The highest BCUT2D eigenvalue weighted by Crippen LogP contribution is 2.21. The third-order valence-corrected chi connectivity index (χ3v) is 3.04. The van der Waals surface area contributed by atoms with Crippen molar-refractivity contribution in [3.8, 4) is 0 Å². The number of esters is 1. The van der Waals surface area contributed by atoms with Crippen molar-refractivity contribution in [1.82, 2.24) is 0 Å². The Bertz CT molecular complexity index is 678. The van der Waals surface area contributed by atoms with Gasteiger partial charge < -0.3 is 4.74 Å². The van der Waals surface area contributed by atoms with Gasteiger partial charge in [0.25, 0.3) is 5.69 Å². The van der Waals surface area contributed by atoms with Crippen LogP contribution < -0.4 is 0 Å². The van der Waals surface area contributed by atoms with E-state index in [1.807, 2.05) is 37.3 Å². The van der Waals surface area contributed by atoms with Crippen molar-refractivity contribution in [3.05, 3.63) is 88.0 Å². The van der Waals surface area contributed by atoms with Gasteiger partial charge in [0, 0.05) is 12.1 Å². The lowest BCUT2D eigenvalue weighted by Gasteiger charge is -2.14. The van der Waals surface area contributed by atoms with Crippen molar-refractivity contribution in [2.24, 2.45) is 0 Å². The molecule has 1 unspecified atom stereocenters. The lowest BCUT2D eigenvalue weighted by atomic mass is 10.1. The van der Waals surface area contributed by atoms with Gasteiger partial charge in [0.1, 0.15) is 6.10 Å². The van der Waals surface area contributed by atoms with Gasteiger partial charge in [-0.05, 0) is 30.7 Å². The number of nitrogens with zero attached hydrogens (tertiary/aromatic N) is 1. The number of allylic oxidation sites excluding steroid dienone is 1. The fourth-order valence-electron chi connectivity index (χ4n) is 1.94. The maximum Gasteiger partial charge on any atom is 0.339 e. The summed E-state index contributed by atoms with van der Waals surface area (Å²) in [6.45, 7) is 1.84. The highest BCUT2D eigenvalue weighted by Gasteiger charge is 2.16. The van der Waals surface area contributed by atoms with Crippen LogP contribution in [0.2, 0.25) is 0 Å². The second kappa shape index (κ2) is 7.17. The molecule has 2 rings (SSSR count). The van der Waals surface area contributed by atoms with Gasteiger partial charge in [0.05, 0.1) is 10.5 Å². The van der Waals surface area contributed by atoms with Gasteiger partial charge >= 0.3 is 5.97 Å². The van der Waals surface area contributed by atoms with Gasteiger partial charge in [0.15, 0.2) is 0 Å². The number of hydrogen-bond acceptors (Lipinski definition) is 4. The van der Waals surface area contributed by atoms with E-state index in [2.05, 4.69) is 0 Å². The van der Waals surface area contributed by atoms with E-state index in [0.29, 0.717) is 0 Å². The lowest BCUT2D eigenvalue weighted by Crippen LogP contribution is -2.10. The minimum Gasteiger partial charge on any atom is -0.450 e. The standard InChI is InChI=1S/C17H15NO4/c1-2-6-16(13-7-4-3-5-8-13)22-17(19)14-9-11-15(12-10-14)18(20)21/h2-12,16H,1H3. The van der Waals surface area contributed by atoms with Gasteiger partial charge in [0.2, 0.25) is 0 Å². The maximum absolute atomic E-state index is 12.2. The molecule has 2 aromatic rings. The molecule has 1 atom stereocenters. The first-order chi connectivity index (χ1) is 10.6. The van der Waals surface area contributed by atoms with E-state index < -0.39 is 17.0 Å². The van der Waals surface area contributed by atoms with Crippen molar-refractivity contribution < 1.29 is 14.5 Å². The third-order valence-electron chi connectivity index (χ3n) is 3.04. The predicted molar refractivity (Wildman–Crippen MR) is 82.5 cm³/mol. The summed E-state index contributed by atoms with van der Waals surface area (Å²) < 4.78 is 5.47. The zero-order chi connectivity index (χ0) is 15.9. The minimum absolute atomic E-state index is 0.0652. The molecule has 0 amide bonds. The Kier molecular flexibility index (Phi) is 5.03. The summed E-state index contributed by atoms with van der Waals surface area (Å²) in [5.41, 5.74) is 1.07. The lowest BCUT2D eigenvalue weighted by molar-refractivity contribution is -0.384. The Morgan fingerprint density at radius 2 is 1.77 bits per heavy atom. The number of benzene rings is 2. The number of hydrogen-bond donors (Lipinski definition) is 0. The molecule has 0 bridgehead atoms. The van der Waals surface area contributed by atoms with E-state index in [4.69, 9.17) is 4.74 Å². The van der Waals surface area contributed by atoms with Crippen LogP contribution in [0.4, 0.5) is 5.69 Å². The van der Waals surface area contributed by atoms with E-state index in [-0.39, 0.29) is 11.3 Å². The number of carbonyl (C=O) groups is 1. The van der Waals surface area contributed by atoms with Crippen LogP contribution in [0, 0.1) is 10.1 Å². The topological polar surface area (TPSA) is 69.4 Å². The average Bonchev–Trinajstić information content (AvgIpc) is 2.55. The summed E-state index contributed by atoms with van der Waals surface area (Å²) in [6.07, 6.45) is 3.09. The number of carbonyl (C=O) groups excluding carboxylic acids is 1. The van der Waals surface area contributed by atoms with Crippen LogP contribution in [0.1, 0.15) is 28.9 Å². The molecule has 0 fully saturated rings. The highest BCUT2D eigenvalue weighted by atomic mass is 16.6. The molecule has 5 heteroatoms. The number of rotatable bonds is 5. The first-order valence-electron chi connectivity index (χ1n) is 6.75. The van der Waals surface area contributed by atoms with Gasteiger partial charge in [-0.2, -0.15) is 0 Å². The molecule has 0 aliphatic heterocycles. The van der Waals surface area contributed by atoms with Gasteiger partial charge in [-0.3, -0.25) is 10.1 Å². The Labute approximate surface area is 128 Å². The molecule has 112 valence electrons. The number of non-ortho nitro benzene ring substituents is 1. The van der Waals surface area contributed by atoms with Crippen LogP contribution in [-0.2, 0) is 4.74 Å². The molecule has 0 saturated heterocycles. The van der Waals surface area contributed by atoms with E-state index >= 15 is 0 Å². The second-order valence-electron chi connectivity index (χ2n) is 4.57. The summed E-state index contributed by atoms with van der Waals surface area (Å²) in [5.74, 6) is -0.526. The van der Waals surface area contributed by atoms with Crippen molar-refractivity contribution in [2.75, 3.05) is 0 Å². The smallest absolute Gasteiger partial charge is 0.339 e. The van der Waals surface area contributed by atoms with Crippen molar-refractivity contribution in [2.45, 2.75) is 13.0 Å². The first kappa shape index (κ1) is 15.4. The van der Waals surface area contributed by atoms with Crippen molar-refractivity contribution in [3.63, 3.8) is 0 Å². The largest absolute Gasteiger partial charge is 0.450 e. The molecular formula is C17H15NO4. The van der Waals surface area contributed by atoms with Crippen LogP contribution in [0.3, 0.4) is 0 Å². The molecular weight excluding hydrogens is 282 g/mol. The van der Waals surface area contributed by atoms with Gasteiger partial charge in [-0.15, -0.1) is 0 Å². The van der Waals surface area contributed by atoms with E-state index in [1.54, 1.807) is 12.2 Å². The monoisotopic (exact) mass is 297 g/mol. The van der Waals surface area contributed by atoms with Gasteiger partial charge in [-0.25, -0.2) is 4.79 Å². The molecule has 0 aliphatic carbocycles. The molecule has 0 spiro atoms. The van der Waals surface area contributed by atoms with Crippen LogP contribution in [-0.4, -0.2) is 10.9 Å². The average molecular weight is 297 g/mol. The SMILES string of the molecule is CC=CC(OC(=O)c1ccc([N+](=O)[O-])cc1)c1ccccc1. The Morgan fingerprint density at radius 1 is 1.14 bits per heavy atom. The first-order valence-corrected chi connectivity index (χ1v) is 6.75. The van der Waals surface area contributed by atoms with E-state index in [0.717, 1.165) is 5.56 Å². The summed E-state index contributed by atoms with van der Waals surface area (Å²) in [5, 5.41) is 10.6. The van der Waals surface area contributed by atoms with E-state index in [9.17, 15) is 14.9 Å².